The fraction of sp³-hybridized carbons (Fsp3) is 0.357. The predicted molar refractivity (Wildman–Crippen MR) is 71.1 cm³/mol. The number of halogens is 1. The molecule has 0 aliphatic rings. The van der Waals surface area contributed by atoms with Gasteiger partial charge in [-0.15, -0.1) is 0 Å². The molecular formula is C14H17FN2O3. The number of nitrogens with one attached hydrogen (secondary N) is 1. The van der Waals surface area contributed by atoms with E-state index in [-0.39, 0.29) is 25.0 Å². The van der Waals surface area contributed by atoms with Gasteiger partial charge in [0, 0.05) is 6.42 Å². The molecule has 0 aromatic heterocycles. The fourth-order valence-corrected chi connectivity index (χ4v) is 1.71. The third kappa shape index (κ3) is 5.60. The lowest BCUT2D eigenvalue weighted by molar-refractivity contribution is -0.127. The van der Waals surface area contributed by atoms with Crippen molar-refractivity contribution in [2.75, 3.05) is 0 Å². The van der Waals surface area contributed by atoms with Crippen LogP contribution in [-0.4, -0.2) is 23.6 Å². The number of ketones is 1. The summed E-state index contributed by atoms with van der Waals surface area (Å²) in [6.07, 6.45) is 0.273. The van der Waals surface area contributed by atoms with E-state index in [1.807, 2.05) is 0 Å². The average molecular weight is 280 g/mol. The van der Waals surface area contributed by atoms with Crippen LogP contribution in [0.15, 0.2) is 24.3 Å². The molecule has 0 bridgehead atoms. The molecule has 1 aromatic rings. The van der Waals surface area contributed by atoms with Gasteiger partial charge in [0.05, 0.1) is 6.42 Å². The fourth-order valence-electron chi connectivity index (χ4n) is 1.71. The minimum absolute atomic E-state index is 0.0540. The normalized spacial score (nSPS) is 11.7. The van der Waals surface area contributed by atoms with Crippen molar-refractivity contribution < 1.29 is 18.8 Å². The molecule has 0 fully saturated rings. The lowest BCUT2D eigenvalue weighted by atomic mass is 10.1. The van der Waals surface area contributed by atoms with Crippen molar-refractivity contribution in [2.45, 2.75) is 32.2 Å². The number of carbonyl (C=O) groups excluding carboxylic acids is 3. The van der Waals surface area contributed by atoms with Gasteiger partial charge >= 0.3 is 0 Å². The summed E-state index contributed by atoms with van der Waals surface area (Å²) in [6, 6.07) is 4.74. The van der Waals surface area contributed by atoms with E-state index in [9.17, 15) is 18.8 Å². The molecule has 5 nitrogen and oxygen atoms in total. The van der Waals surface area contributed by atoms with Crippen molar-refractivity contribution in [1.82, 2.24) is 5.32 Å². The molecule has 0 saturated carbocycles. The van der Waals surface area contributed by atoms with E-state index >= 15 is 0 Å². The van der Waals surface area contributed by atoms with Crippen molar-refractivity contribution in [3.8, 4) is 0 Å². The van der Waals surface area contributed by atoms with E-state index in [0.29, 0.717) is 5.56 Å². The number of carbonyl (C=O) groups is 3. The molecule has 0 saturated heterocycles. The Balaban J connectivity index is 2.57. The number of primary amides is 1. The van der Waals surface area contributed by atoms with Crippen LogP contribution in [0.2, 0.25) is 0 Å². The van der Waals surface area contributed by atoms with Crippen LogP contribution >= 0.6 is 0 Å². The molecule has 2 amide bonds. The first-order valence-corrected chi connectivity index (χ1v) is 6.21. The topological polar surface area (TPSA) is 89.3 Å². The Morgan fingerprint density at radius 2 is 2.05 bits per heavy atom. The van der Waals surface area contributed by atoms with Gasteiger partial charge in [0.15, 0.2) is 0 Å². The van der Waals surface area contributed by atoms with E-state index < -0.39 is 23.7 Å². The number of benzene rings is 1. The van der Waals surface area contributed by atoms with Crippen molar-refractivity contribution in [3.63, 3.8) is 0 Å². The zero-order valence-corrected chi connectivity index (χ0v) is 11.2. The Hall–Kier alpha value is -2.24. The highest BCUT2D eigenvalue weighted by Gasteiger charge is 2.18. The van der Waals surface area contributed by atoms with E-state index in [0.717, 1.165) is 0 Å². The van der Waals surface area contributed by atoms with E-state index in [2.05, 4.69) is 5.32 Å². The summed E-state index contributed by atoms with van der Waals surface area (Å²) in [6.45, 7) is 1.40. The summed E-state index contributed by atoms with van der Waals surface area (Å²) < 4.78 is 13.0. The van der Waals surface area contributed by atoms with Gasteiger partial charge in [-0.2, -0.15) is 0 Å². The largest absolute Gasteiger partial charge is 0.368 e. The maximum Gasteiger partial charge on any atom is 0.240 e. The second-order valence-electron chi connectivity index (χ2n) is 4.57. The number of nitrogens with two attached hydrogens (primary N) is 1. The van der Waals surface area contributed by atoms with Crippen LogP contribution in [0.5, 0.6) is 0 Å². The summed E-state index contributed by atoms with van der Waals surface area (Å²) in [5, 5.41) is 2.45. The van der Waals surface area contributed by atoms with E-state index in [1.165, 1.54) is 25.1 Å². The summed E-state index contributed by atoms with van der Waals surface area (Å²) in [4.78, 5) is 33.8. The van der Waals surface area contributed by atoms with Crippen molar-refractivity contribution >= 4 is 17.6 Å². The van der Waals surface area contributed by atoms with Crippen molar-refractivity contribution in [2.24, 2.45) is 5.73 Å². The first-order chi connectivity index (χ1) is 9.38. The molecule has 0 spiro atoms. The van der Waals surface area contributed by atoms with Crippen LogP contribution in [0.25, 0.3) is 0 Å². The minimum Gasteiger partial charge on any atom is -0.368 e. The SMILES string of the molecule is CC(=O)CC[C@H](NC(=O)Cc1cccc(F)c1)C(N)=O. The third-order valence-electron chi connectivity index (χ3n) is 2.72. The molecule has 1 aromatic carbocycles. The first kappa shape index (κ1) is 15.8. The van der Waals surface area contributed by atoms with Crippen LogP contribution < -0.4 is 11.1 Å². The summed E-state index contributed by atoms with van der Waals surface area (Å²) >= 11 is 0. The van der Waals surface area contributed by atoms with Gasteiger partial charge in [0.1, 0.15) is 17.6 Å². The molecule has 108 valence electrons. The van der Waals surface area contributed by atoms with Gasteiger partial charge < -0.3 is 15.8 Å². The minimum atomic E-state index is -0.889. The van der Waals surface area contributed by atoms with Crippen LogP contribution in [-0.2, 0) is 20.8 Å². The second kappa shape index (κ2) is 7.37. The highest BCUT2D eigenvalue weighted by molar-refractivity contribution is 5.88. The van der Waals surface area contributed by atoms with Crippen LogP contribution in [0.3, 0.4) is 0 Å². The smallest absolute Gasteiger partial charge is 0.240 e. The average Bonchev–Trinajstić information content (AvgIpc) is 2.33. The molecule has 0 radical (unpaired) electrons. The Labute approximate surface area is 116 Å². The molecule has 20 heavy (non-hydrogen) atoms. The lowest BCUT2D eigenvalue weighted by Gasteiger charge is -2.14. The van der Waals surface area contributed by atoms with Gasteiger partial charge in [-0.1, -0.05) is 12.1 Å². The number of amides is 2. The summed E-state index contributed by atoms with van der Waals surface area (Å²) in [5.41, 5.74) is 5.66. The Morgan fingerprint density at radius 3 is 2.60 bits per heavy atom. The Bertz CT molecular complexity index is 517. The molecular weight excluding hydrogens is 263 g/mol. The molecule has 0 aliphatic heterocycles. The van der Waals surface area contributed by atoms with Crippen LogP contribution in [0.4, 0.5) is 4.39 Å². The molecule has 3 N–H and O–H groups in total. The molecule has 0 heterocycles. The quantitative estimate of drug-likeness (QED) is 0.770. The highest BCUT2D eigenvalue weighted by atomic mass is 19.1. The van der Waals surface area contributed by atoms with Crippen LogP contribution in [0.1, 0.15) is 25.3 Å². The van der Waals surface area contributed by atoms with Gasteiger partial charge in [0.25, 0.3) is 0 Å². The molecule has 0 unspecified atom stereocenters. The lowest BCUT2D eigenvalue weighted by Crippen LogP contribution is -2.45. The van der Waals surface area contributed by atoms with Gasteiger partial charge in [0.2, 0.25) is 11.8 Å². The van der Waals surface area contributed by atoms with Gasteiger partial charge in [-0.05, 0) is 31.0 Å². The predicted octanol–water partition coefficient (Wildman–Crippen LogP) is 0.707. The second-order valence-corrected chi connectivity index (χ2v) is 4.57. The van der Waals surface area contributed by atoms with Gasteiger partial charge in [-0.25, -0.2) is 4.39 Å². The molecule has 6 heteroatoms. The summed E-state index contributed by atoms with van der Waals surface area (Å²) in [7, 11) is 0. The highest BCUT2D eigenvalue weighted by Crippen LogP contribution is 2.05. The van der Waals surface area contributed by atoms with Gasteiger partial charge in [-0.3, -0.25) is 9.59 Å². The maximum absolute atomic E-state index is 13.0. The van der Waals surface area contributed by atoms with Crippen molar-refractivity contribution in [3.05, 3.63) is 35.6 Å². The first-order valence-electron chi connectivity index (χ1n) is 6.21. The third-order valence-corrected chi connectivity index (χ3v) is 2.72. The zero-order valence-electron chi connectivity index (χ0n) is 11.2. The summed E-state index contributed by atoms with van der Waals surface area (Å²) in [5.74, 6) is -1.66. The Morgan fingerprint density at radius 1 is 1.35 bits per heavy atom. The molecule has 1 atom stereocenters. The van der Waals surface area contributed by atoms with Crippen LogP contribution in [0, 0.1) is 5.82 Å². The number of Topliss-reactive ketones (excluding diaryl/α,β-unsaturated/α-hetero) is 1. The number of rotatable bonds is 7. The zero-order chi connectivity index (χ0) is 15.1. The number of hydrogen-bond acceptors (Lipinski definition) is 3. The Kier molecular flexibility index (Phi) is 5.83. The molecule has 0 aliphatic carbocycles. The van der Waals surface area contributed by atoms with E-state index in [4.69, 9.17) is 5.73 Å². The maximum atomic E-state index is 13.0. The standard InChI is InChI=1S/C14H17FN2O3/c1-9(18)5-6-12(14(16)20)17-13(19)8-10-3-2-4-11(15)7-10/h2-4,7,12H,5-6,8H2,1H3,(H2,16,20)(H,17,19)/t12-/m0/s1. The van der Waals surface area contributed by atoms with Crippen molar-refractivity contribution in [1.29, 1.82) is 0 Å². The van der Waals surface area contributed by atoms with E-state index in [1.54, 1.807) is 6.07 Å². The molecule has 1 rings (SSSR count). The number of hydrogen-bond donors (Lipinski definition) is 2. The monoisotopic (exact) mass is 280 g/mol.